The zero-order valence-electron chi connectivity index (χ0n) is 10.4. The molecule has 0 aliphatic carbocycles. The predicted octanol–water partition coefficient (Wildman–Crippen LogP) is -1.49. The third-order valence-electron chi connectivity index (χ3n) is 2.79. The van der Waals surface area contributed by atoms with Crippen LogP contribution in [0.25, 0.3) is 0 Å². The van der Waals surface area contributed by atoms with Gasteiger partial charge in [-0.3, -0.25) is 9.32 Å². The van der Waals surface area contributed by atoms with E-state index >= 15 is 0 Å². The lowest BCUT2D eigenvalue weighted by Crippen LogP contribution is -2.33. The number of primary amides is 1. The number of hydrogen-bond donors (Lipinski definition) is 5. The highest BCUT2D eigenvalue weighted by molar-refractivity contribution is 7.46. The van der Waals surface area contributed by atoms with Gasteiger partial charge in [0.25, 0.3) is 5.91 Å². The number of phosphoric ester groups is 1. The number of aliphatic hydroxyl groups excluding tert-OH is 2. The number of rotatable bonds is 5. The molecule has 0 unspecified atom stereocenters. The zero-order chi connectivity index (χ0) is 15.8. The number of aliphatic hydroxyl groups is 2. The van der Waals surface area contributed by atoms with Crippen LogP contribution in [0.5, 0.6) is 0 Å². The highest BCUT2D eigenvalue weighted by Crippen LogP contribution is 2.39. The second-order valence-electron chi connectivity index (χ2n) is 4.30. The van der Waals surface area contributed by atoms with Crippen molar-refractivity contribution in [1.82, 2.24) is 4.98 Å². The van der Waals surface area contributed by atoms with E-state index in [2.05, 4.69) is 9.51 Å². The first-order chi connectivity index (χ1) is 9.69. The lowest BCUT2D eigenvalue weighted by Gasteiger charge is -2.14. The minimum atomic E-state index is -4.71. The molecule has 0 bridgehead atoms. The van der Waals surface area contributed by atoms with Crippen LogP contribution in [0.2, 0.25) is 0 Å². The summed E-state index contributed by atoms with van der Waals surface area (Å²) in [5.74, 6) is -0.744. The average molecular weight is 340 g/mol. The standard InChI is InChI=1S/C9H13N2O8PS/c10-8(14)3-2-21-9(11-3)7-6(13)5(12)4(19-7)1-18-20(15,16)17/h2,4-7,12-13H,1H2,(H2,10,14)(H2,15,16,17)/t4-,5-,6-,7+/m1/s1. The van der Waals surface area contributed by atoms with E-state index in [0.717, 1.165) is 11.3 Å². The molecule has 2 rings (SSSR count). The van der Waals surface area contributed by atoms with E-state index in [1.54, 1.807) is 0 Å². The largest absolute Gasteiger partial charge is 0.469 e. The summed E-state index contributed by atoms with van der Waals surface area (Å²) in [5.41, 5.74) is 5.05. The molecule has 1 saturated heterocycles. The maximum Gasteiger partial charge on any atom is 0.469 e. The van der Waals surface area contributed by atoms with Gasteiger partial charge in [-0.25, -0.2) is 9.55 Å². The molecule has 1 aromatic rings. The van der Waals surface area contributed by atoms with Crippen molar-refractivity contribution >= 4 is 25.1 Å². The van der Waals surface area contributed by atoms with Crippen LogP contribution in [0.3, 0.4) is 0 Å². The topological polar surface area (TPSA) is 172 Å². The van der Waals surface area contributed by atoms with Crippen molar-refractivity contribution in [2.24, 2.45) is 5.73 Å². The molecule has 0 spiro atoms. The summed E-state index contributed by atoms with van der Waals surface area (Å²) < 4.78 is 20.1. The molecular formula is C9H13N2O8PS. The molecule has 0 radical (unpaired) electrons. The predicted molar refractivity (Wildman–Crippen MR) is 68.3 cm³/mol. The number of aromatic nitrogens is 1. The number of nitrogens with zero attached hydrogens (tertiary/aromatic N) is 1. The van der Waals surface area contributed by atoms with Crippen molar-refractivity contribution in [3.05, 3.63) is 16.1 Å². The third kappa shape index (κ3) is 3.84. The van der Waals surface area contributed by atoms with E-state index in [-0.39, 0.29) is 10.7 Å². The quantitative estimate of drug-likeness (QED) is 0.400. The molecule has 118 valence electrons. The van der Waals surface area contributed by atoms with Gasteiger partial charge in [-0.1, -0.05) is 0 Å². The Labute approximate surface area is 122 Å². The minimum Gasteiger partial charge on any atom is -0.387 e. The van der Waals surface area contributed by atoms with Gasteiger partial charge in [-0.2, -0.15) is 0 Å². The van der Waals surface area contributed by atoms with Crippen LogP contribution >= 0.6 is 19.2 Å². The number of thiazole rings is 1. The molecule has 10 nitrogen and oxygen atoms in total. The van der Waals surface area contributed by atoms with Gasteiger partial charge < -0.3 is 30.5 Å². The zero-order valence-corrected chi connectivity index (χ0v) is 12.1. The van der Waals surface area contributed by atoms with Gasteiger partial charge in [0.05, 0.1) is 6.61 Å². The number of amides is 1. The monoisotopic (exact) mass is 340 g/mol. The Morgan fingerprint density at radius 1 is 1.48 bits per heavy atom. The highest BCUT2D eigenvalue weighted by Gasteiger charge is 2.45. The molecule has 1 aliphatic rings. The molecule has 6 N–H and O–H groups in total. The molecule has 4 atom stereocenters. The molecule has 1 fully saturated rings. The van der Waals surface area contributed by atoms with Crippen LogP contribution in [0.15, 0.2) is 5.38 Å². The van der Waals surface area contributed by atoms with Gasteiger partial charge in [-0.15, -0.1) is 11.3 Å². The minimum absolute atomic E-state index is 0.00444. The Balaban J connectivity index is 2.08. The molecule has 0 aromatic carbocycles. The van der Waals surface area contributed by atoms with Crippen LogP contribution in [-0.2, 0) is 13.8 Å². The molecule has 1 aliphatic heterocycles. The van der Waals surface area contributed by atoms with Crippen LogP contribution in [0.1, 0.15) is 21.6 Å². The summed E-state index contributed by atoms with van der Waals surface area (Å²) in [6.07, 6.45) is -4.97. The summed E-state index contributed by atoms with van der Waals surface area (Å²) in [4.78, 5) is 32.0. The van der Waals surface area contributed by atoms with E-state index in [0.29, 0.717) is 0 Å². The Kier molecular flexibility index (Phi) is 4.76. The summed E-state index contributed by atoms with van der Waals surface area (Å²) in [5, 5.41) is 21.3. The number of phosphoric acid groups is 1. The molecule has 12 heteroatoms. The molecule has 1 aromatic heterocycles. The molecule has 21 heavy (non-hydrogen) atoms. The van der Waals surface area contributed by atoms with Gasteiger partial charge in [0.15, 0.2) is 0 Å². The van der Waals surface area contributed by atoms with Gasteiger partial charge in [-0.05, 0) is 0 Å². The Morgan fingerprint density at radius 2 is 2.14 bits per heavy atom. The molecular weight excluding hydrogens is 327 g/mol. The normalized spacial score (nSPS) is 29.7. The maximum atomic E-state index is 11.0. The van der Waals surface area contributed by atoms with Crippen LogP contribution < -0.4 is 5.73 Å². The second-order valence-corrected chi connectivity index (χ2v) is 6.43. The van der Waals surface area contributed by atoms with E-state index in [9.17, 15) is 19.6 Å². The molecule has 1 amide bonds. The number of ether oxygens (including phenoxy) is 1. The second kappa shape index (κ2) is 6.07. The SMILES string of the molecule is NC(=O)c1csc([C@H]2O[C@H](COP(=O)(O)O)[C@@H](O)[C@H]2O)n1. The highest BCUT2D eigenvalue weighted by atomic mass is 32.1. The van der Waals surface area contributed by atoms with Gasteiger partial charge in [0.1, 0.15) is 35.1 Å². The van der Waals surface area contributed by atoms with Gasteiger partial charge in [0, 0.05) is 5.38 Å². The average Bonchev–Trinajstić information content (AvgIpc) is 2.94. The van der Waals surface area contributed by atoms with Crippen LogP contribution in [0, 0.1) is 0 Å². The lowest BCUT2D eigenvalue weighted by molar-refractivity contribution is -0.0224. The van der Waals surface area contributed by atoms with Crippen molar-refractivity contribution < 1.29 is 38.6 Å². The Bertz CT molecular complexity index is 574. The number of nitrogens with two attached hydrogens (primary N) is 1. The van der Waals surface area contributed by atoms with E-state index < -0.39 is 44.8 Å². The van der Waals surface area contributed by atoms with E-state index in [1.165, 1.54) is 5.38 Å². The third-order valence-corrected chi connectivity index (χ3v) is 4.18. The van der Waals surface area contributed by atoms with E-state index in [4.69, 9.17) is 20.3 Å². The summed E-state index contributed by atoms with van der Waals surface area (Å²) >= 11 is 1.00. The van der Waals surface area contributed by atoms with Crippen molar-refractivity contribution in [2.45, 2.75) is 24.4 Å². The van der Waals surface area contributed by atoms with Crippen molar-refractivity contribution in [1.29, 1.82) is 0 Å². The number of carbonyl (C=O) groups is 1. The number of hydrogen-bond acceptors (Lipinski definition) is 8. The number of carbonyl (C=O) groups excluding carboxylic acids is 1. The van der Waals surface area contributed by atoms with Crippen molar-refractivity contribution in [3.8, 4) is 0 Å². The first-order valence-electron chi connectivity index (χ1n) is 5.66. The lowest BCUT2D eigenvalue weighted by atomic mass is 10.1. The van der Waals surface area contributed by atoms with Crippen molar-refractivity contribution in [2.75, 3.05) is 6.61 Å². The molecule has 0 saturated carbocycles. The summed E-state index contributed by atoms with van der Waals surface area (Å²) in [6.45, 7) is -0.604. The fourth-order valence-corrected chi connectivity index (χ4v) is 3.02. The first kappa shape index (κ1) is 16.5. The smallest absolute Gasteiger partial charge is 0.387 e. The summed E-state index contributed by atoms with van der Waals surface area (Å²) in [6, 6.07) is 0. The van der Waals surface area contributed by atoms with Gasteiger partial charge >= 0.3 is 7.82 Å². The fraction of sp³-hybridized carbons (Fsp3) is 0.556. The first-order valence-corrected chi connectivity index (χ1v) is 8.07. The fourth-order valence-electron chi connectivity index (χ4n) is 1.79. The van der Waals surface area contributed by atoms with Crippen molar-refractivity contribution in [3.63, 3.8) is 0 Å². The summed E-state index contributed by atoms with van der Waals surface area (Å²) in [7, 11) is -4.71. The maximum absolute atomic E-state index is 11.0. The van der Waals surface area contributed by atoms with Crippen LogP contribution in [0.4, 0.5) is 0 Å². The Morgan fingerprint density at radius 3 is 2.67 bits per heavy atom. The van der Waals surface area contributed by atoms with Crippen LogP contribution in [-0.4, -0.2) is 55.8 Å². The Hall–Kier alpha value is -0.910. The van der Waals surface area contributed by atoms with E-state index in [1.807, 2.05) is 0 Å². The van der Waals surface area contributed by atoms with Gasteiger partial charge in [0.2, 0.25) is 0 Å². The molecule has 2 heterocycles.